The van der Waals surface area contributed by atoms with Crippen molar-refractivity contribution in [2.45, 2.75) is 226 Å². The average molecular weight is 941 g/mol. The number of nitrogens with zero attached hydrogens (tertiary/aromatic N) is 2. The third kappa shape index (κ3) is 12.5. The lowest BCUT2D eigenvalue weighted by Crippen LogP contribution is -2.40. The molecule has 4 heterocycles. The van der Waals surface area contributed by atoms with Crippen molar-refractivity contribution in [3.63, 3.8) is 0 Å². The molecule has 2 aliphatic heterocycles. The molecule has 0 spiro atoms. The molecule has 56 heavy (non-hydrogen) atoms. The van der Waals surface area contributed by atoms with Crippen molar-refractivity contribution < 1.29 is 19.5 Å². The number of rotatable bonds is 31. The Bertz CT molecular complexity index is 1490. The van der Waals surface area contributed by atoms with Crippen LogP contribution < -0.4 is 0 Å². The van der Waals surface area contributed by atoms with Crippen molar-refractivity contribution in [2.75, 3.05) is 0 Å². The third-order valence-electron chi connectivity index (χ3n) is 12.1. The van der Waals surface area contributed by atoms with Gasteiger partial charge in [-0.05, 0) is 57.5 Å². The number of hydrogen-bond acceptors (Lipinski definition) is 6. The van der Waals surface area contributed by atoms with Crippen LogP contribution in [0.1, 0.15) is 250 Å². The monoisotopic (exact) mass is 938 g/mol. The second kappa shape index (κ2) is 25.5. The number of halogens is 2. The van der Waals surface area contributed by atoms with Crippen LogP contribution >= 0.6 is 54.5 Å². The Morgan fingerprint density at radius 2 is 0.839 bits per heavy atom. The van der Waals surface area contributed by atoms with E-state index in [1.54, 1.807) is 9.80 Å². The first-order valence-corrected chi connectivity index (χ1v) is 26.0. The molecule has 0 saturated carbocycles. The summed E-state index contributed by atoms with van der Waals surface area (Å²) in [4.78, 5) is 48.0. The molecule has 4 rings (SSSR count). The molecule has 10 heteroatoms. The Morgan fingerprint density at radius 3 is 1.29 bits per heavy atom. The van der Waals surface area contributed by atoms with E-state index in [4.69, 9.17) is 0 Å². The zero-order chi connectivity index (χ0) is 40.5. The van der Waals surface area contributed by atoms with Crippen molar-refractivity contribution in [1.82, 2.24) is 9.80 Å². The molecule has 2 aromatic rings. The first kappa shape index (κ1) is 47.6. The van der Waals surface area contributed by atoms with Crippen molar-refractivity contribution in [1.29, 1.82) is 0 Å². The quantitative estimate of drug-likeness (QED) is 0.0603. The molecular weight excluding hydrogens is 868 g/mol. The van der Waals surface area contributed by atoms with Crippen LogP contribution in [0.4, 0.5) is 0 Å². The highest BCUT2D eigenvalue weighted by molar-refractivity contribution is 9.11. The van der Waals surface area contributed by atoms with E-state index >= 15 is 0 Å². The van der Waals surface area contributed by atoms with Gasteiger partial charge in [-0.3, -0.25) is 19.3 Å². The lowest BCUT2D eigenvalue weighted by Gasteiger charge is -2.32. The number of aliphatic hydroxyl groups excluding tert-OH is 1. The van der Waals surface area contributed by atoms with E-state index in [-0.39, 0.29) is 29.8 Å². The topological polar surface area (TPSA) is 77.9 Å². The summed E-state index contributed by atoms with van der Waals surface area (Å²) in [5.41, 5.74) is 2.00. The third-order valence-corrected chi connectivity index (χ3v) is 16.0. The molecule has 0 radical (unpaired) electrons. The maximum absolute atomic E-state index is 14.6. The van der Waals surface area contributed by atoms with Crippen LogP contribution in [0.3, 0.4) is 0 Å². The number of carbonyl (C=O) groups excluding carboxylic acids is 3. The number of carbonyl (C=O) groups is 3. The molecule has 0 saturated heterocycles. The van der Waals surface area contributed by atoms with E-state index < -0.39 is 6.23 Å². The Hall–Kier alpha value is -1.07. The largest absolute Gasteiger partial charge is 0.369 e. The van der Waals surface area contributed by atoms with Crippen LogP contribution in [0.5, 0.6) is 0 Å². The lowest BCUT2D eigenvalue weighted by atomic mass is 9.98. The van der Waals surface area contributed by atoms with Gasteiger partial charge in [-0.1, -0.05) is 182 Å². The van der Waals surface area contributed by atoms with Crippen LogP contribution in [-0.4, -0.2) is 44.7 Å². The SMILES string of the molecule is CCCCCCCCC(CCCCCCCC)N1C(=O)c2c(Br)sc(-c3sc(Br)c4c3C(O)N(C(CCCCCCCC)CCCCCCCC)C4=O)c2C1=O. The highest BCUT2D eigenvalue weighted by atomic mass is 79.9. The minimum atomic E-state index is -1.09. The van der Waals surface area contributed by atoms with E-state index in [0.717, 1.165) is 81.9 Å². The fraction of sp³-hybridized carbons (Fsp3) is 0.761. The van der Waals surface area contributed by atoms with Gasteiger partial charge in [0.2, 0.25) is 0 Å². The fourth-order valence-electron chi connectivity index (χ4n) is 8.86. The first-order valence-electron chi connectivity index (χ1n) is 22.8. The molecular formula is C46H72Br2N2O4S2. The average Bonchev–Trinajstić information content (AvgIpc) is 3.87. The van der Waals surface area contributed by atoms with E-state index in [2.05, 4.69) is 59.6 Å². The van der Waals surface area contributed by atoms with Gasteiger partial charge in [0.15, 0.2) is 6.23 Å². The van der Waals surface area contributed by atoms with E-state index in [1.807, 2.05) is 0 Å². The highest BCUT2D eigenvalue weighted by Gasteiger charge is 2.48. The molecule has 316 valence electrons. The number of unbranched alkanes of at least 4 members (excludes halogenated alkanes) is 20. The lowest BCUT2D eigenvalue weighted by molar-refractivity contribution is -0.00748. The second-order valence-corrected chi connectivity index (χ2v) is 21.2. The van der Waals surface area contributed by atoms with Gasteiger partial charge in [0.1, 0.15) is 0 Å². The summed E-state index contributed by atoms with van der Waals surface area (Å²) in [6.45, 7) is 8.93. The van der Waals surface area contributed by atoms with Gasteiger partial charge in [-0.15, -0.1) is 22.7 Å². The van der Waals surface area contributed by atoms with Crippen LogP contribution in [0.15, 0.2) is 7.57 Å². The molecule has 6 nitrogen and oxygen atoms in total. The Labute approximate surface area is 364 Å². The normalized spacial score (nSPS) is 15.4. The van der Waals surface area contributed by atoms with Gasteiger partial charge in [0, 0.05) is 17.6 Å². The Kier molecular flexibility index (Phi) is 21.7. The van der Waals surface area contributed by atoms with Gasteiger partial charge < -0.3 is 10.0 Å². The summed E-state index contributed by atoms with van der Waals surface area (Å²) >= 11 is 10.2. The van der Waals surface area contributed by atoms with E-state index in [1.165, 1.54) is 125 Å². The molecule has 1 unspecified atom stereocenters. The van der Waals surface area contributed by atoms with Crippen molar-refractivity contribution >= 4 is 72.3 Å². The molecule has 0 fully saturated rings. The number of hydrogen-bond donors (Lipinski definition) is 1. The molecule has 1 atom stereocenters. The number of fused-ring (bicyclic) bond motifs is 2. The van der Waals surface area contributed by atoms with Crippen molar-refractivity contribution in [3.8, 4) is 9.75 Å². The predicted molar refractivity (Wildman–Crippen MR) is 244 cm³/mol. The van der Waals surface area contributed by atoms with Gasteiger partial charge in [-0.2, -0.15) is 0 Å². The van der Waals surface area contributed by atoms with Crippen LogP contribution in [0.25, 0.3) is 9.75 Å². The molecule has 2 aromatic heterocycles. The maximum Gasteiger partial charge on any atom is 0.263 e. The van der Waals surface area contributed by atoms with Crippen LogP contribution in [-0.2, 0) is 0 Å². The molecule has 0 aliphatic carbocycles. The number of thiophene rings is 2. The van der Waals surface area contributed by atoms with Gasteiger partial charge in [0.05, 0.1) is 34.0 Å². The minimum absolute atomic E-state index is 0.0452. The Balaban J connectivity index is 1.58. The number of imide groups is 1. The predicted octanol–water partition coefficient (Wildman–Crippen LogP) is 15.8. The van der Waals surface area contributed by atoms with Gasteiger partial charge in [0.25, 0.3) is 17.7 Å². The molecule has 0 bridgehead atoms. The van der Waals surface area contributed by atoms with E-state index in [9.17, 15) is 19.5 Å². The molecule has 2 aliphatic rings. The molecule has 1 N–H and O–H groups in total. The zero-order valence-corrected chi connectivity index (χ0v) is 40.0. The first-order chi connectivity index (χ1) is 27.2. The van der Waals surface area contributed by atoms with Crippen LogP contribution in [0, 0.1) is 0 Å². The number of aliphatic hydroxyl groups is 1. The standard InChI is InChI=1S/C46H72Br2N2O4S2/c1-5-9-13-17-21-25-29-33(30-26-22-18-14-10-6-2)49-43(51)35-37(45(49)53)41(47)55-39(35)40-36-38(42(48)56-40)46(54)50(44(36)52)34(31-27-23-19-15-11-7-3)32-28-24-20-16-12-8-4/h33-34,43,51H,5-32H2,1-4H3. The summed E-state index contributed by atoms with van der Waals surface area (Å²) in [7, 11) is 0. The molecule has 3 amide bonds. The van der Waals surface area contributed by atoms with Crippen molar-refractivity contribution in [3.05, 3.63) is 29.8 Å². The van der Waals surface area contributed by atoms with E-state index in [0.29, 0.717) is 34.7 Å². The fourth-order valence-corrected chi connectivity index (χ4v) is 12.8. The summed E-state index contributed by atoms with van der Waals surface area (Å²) in [5, 5.41) is 12.2. The summed E-state index contributed by atoms with van der Waals surface area (Å²) in [6, 6.07) is -0.172. The minimum Gasteiger partial charge on any atom is -0.369 e. The molecule has 0 aromatic carbocycles. The Morgan fingerprint density at radius 1 is 0.482 bits per heavy atom. The summed E-state index contributed by atoms with van der Waals surface area (Å²) in [5.74, 6) is -0.551. The van der Waals surface area contributed by atoms with Gasteiger partial charge >= 0.3 is 0 Å². The summed E-state index contributed by atoms with van der Waals surface area (Å²) < 4.78 is 1.34. The van der Waals surface area contributed by atoms with Crippen LogP contribution in [0.2, 0.25) is 0 Å². The van der Waals surface area contributed by atoms with Crippen molar-refractivity contribution in [2.24, 2.45) is 0 Å². The zero-order valence-electron chi connectivity index (χ0n) is 35.2. The summed E-state index contributed by atoms with van der Waals surface area (Å²) in [6.07, 6.45) is 30.6. The maximum atomic E-state index is 14.6. The highest BCUT2D eigenvalue weighted by Crippen LogP contribution is 2.54. The smallest absolute Gasteiger partial charge is 0.263 e. The second-order valence-electron chi connectivity index (χ2n) is 16.5. The van der Waals surface area contributed by atoms with Gasteiger partial charge in [-0.25, -0.2) is 0 Å². The number of amides is 3.